The maximum Gasteiger partial charge on any atom is 0.269 e. The maximum atomic E-state index is 10.6. The normalized spacial score (nSPS) is 13.3. The van der Waals surface area contributed by atoms with Crippen molar-refractivity contribution in [1.29, 1.82) is 0 Å². The molecule has 0 saturated carbocycles. The molecule has 2 rings (SSSR count). The predicted molar refractivity (Wildman–Crippen MR) is 87.5 cm³/mol. The van der Waals surface area contributed by atoms with Crippen LogP contribution in [0.15, 0.2) is 48.5 Å². The molecule has 0 amide bonds. The van der Waals surface area contributed by atoms with E-state index in [1.807, 2.05) is 19.1 Å². The standard InChI is InChI=1S/C17H20N2O4/c1-12(13-3-7-15(8-4-13)19(21)22)18-11-17(20)14-5-9-16(23-2)10-6-14/h3-10,12,17-18,20H,11H2,1-2H3. The zero-order chi connectivity index (χ0) is 16.8. The number of nitro groups is 1. The van der Waals surface area contributed by atoms with Crippen LogP contribution in [0.3, 0.4) is 0 Å². The molecule has 2 atom stereocenters. The molecule has 0 aromatic heterocycles. The van der Waals surface area contributed by atoms with Crippen LogP contribution in [0.2, 0.25) is 0 Å². The number of ether oxygens (including phenoxy) is 1. The molecule has 0 saturated heterocycles. The second-order valence-electron chi connectivity index (χ2n) is 5.27. The van der Waals surface area contributed by atoms with Gasteiger partial charge in [0.05, 0.1) is 18.1 Å². The summed E-state index contributed by atoms with van der Waals surface area (Å²) in [5.74, 6) is 0.744. The summed E-state index contributed by atoms with van der Waals surface area (Å²) < 4.78 is 5.09. The van der Waals surface area contributed by atoms with E-state index in [4.69, 9.17) is 4.74 Å². The molecule has 2 unspecified atom stereocenters. The molecule has 2 N–H and O–H groups in total. The molecule has 0 fully saturated rings. The van der Waals surface area contributed by atoms with Gasteiger partial charge in [-0.1, -0.05) is 24.3 Å². The van der Waals surface area contributed by atoms with Gasteiger partial charge in [-0.05, 0) is 30.2 Å². The van der Waals surface area contributed by atoms with Crippen molar-refractivity contribution in [3.05, 3.63) is 69.8 Å². The SMILES string of the molecule is COc1ccc(C(O)CNC(C)c2ccc([N+](=O)[O-])cc2)cc1. The minimum absolute atomic E-state index is 0.0243. The number of benzene rings is 2. The summed E-state index contributed by atoms with van der Waals surface area (Å²) in [7, 11) is 1.60. The lowest BCUT2D eigenvalue weighted by atomic mass is 10.1. The van der Waals surface area contributed by atoms with Crippen LogP contribution in [0.4, 0.5) is 5.69 Å². The van der Waals surface area contributed by atoms with E-state index in [1.54, 1.807) is 31.4 Å². The van der Waals surface area contributed by atoms with Gasteiger partial charge in [0, 0.05) is 24.7 Å². The monoisotopic (exact) mass is 316 g/mol. The van der Waals surface area contributed by atoms with Crippen LogP contribution in [0, 0.1) is 10.1 Å². The minimum Gasteiger partial charge on any atom is -0.497 e. The van der Waals surface area contributed by atoms with E-state index in [0.717, 1.165) is 16.9 Å². The molecule has 122 valence electrons. The summed E-state index contributed by atoms with van der Waals surface area (Å²) in [5, 5.41) is 24.1. The first-order valence-corrected chi connectivity index (χ1v) is 7.31. The molecular formula is C17H20N2O4. The van der Waals surface area contributed by atoms with Gasteiger partial charge in [-0.2, -0.15) is 0 Å². The number of rotatable bonds is 7. The van der Waals surface area contributed by atoms with E-state index in [2.05, 4.69) is 5.32 Å². The molecule has 0 aliphatic rings. The summed E-state index contributed by atoms with van der Waals surface area (Å²) in [6.45, 7) is 2.33. The largest absolute Gasteiger partial charge is 0.497 e. The minimum atomic E-state index is -0.638. The van der Waals surface area contributed by atoms with Crippen molar-refractivity contribution in [2.24, 2.45) is 0 Å². The van der Waals surface area contributed by atoms with Gasteiger partial charge >= 0.3 is 0 Å². The van der Waals surface area contributed by atoms with Crippen LogP contribution in [-0.4, -0.2) is 23.7 Å². The fourth-order valence-electron chi connectivity index (χ4n) is 2.23. The molecule has 0 bridgehead atoms. The first kappa shape index (κ1) is 16.9. The maximum absolute atomic E-state index is 10.6. The number of methoxy groups -OCH3 is 1. The van der Waals surface area contributed by atoms with Crippen molar-refractivity contribution in [2.75, 3.05) is 13.7 Å². The molecule has 6 heteroatoms. The molecule has 2 aromatic carbocycles. The Hall–Kier alpha value is -2.44. The number of nitro benzene ring substituents is 1. The topological polar surface area (TPSA) is 84.6 Å². The van der Waals surface area contributed by atoms with E-state index in [0.29, 0.717) is 6.54 Å². The lowest BCUT2D eigenvalue weighted by Crippen LogP contribution is -2.24. The van der Waals surface area contributed by atoms with Crippen molar-refractivity contribution in [2.45, 2.75) is 19.1 Å². The Bertz CT molecular complexity index is 641. The van der Waals surface area contributed by atoms with Gasteiger partial charge in [0.1, 0.15) is 5.75 Å². The summed E-state index contributed by atoms with van der Waals surface area (Å²) in [4.78, 5) is 10.2. The van der Waals surface area contributed by atoms with Crippen LogP contribution >= 0.6 is 0 Å². The quantitative estimate of drug-likeness (QED) is 0.606. The van der Waals surface area contributed by atoms with Crippen LogP contribution < -0.4 is 10.1 Å². The summed E-state index contributed by atoms with van der Waals surface area (Å²) in [6, 6.07) is 13.6. The number of hydrogen-bond donors (Lipinski definition) is 2. The Balaban J connectivity index is 1.92. The molecule has 23 heavy (non-hydrogen) atoms. The first-order valence-electron chi connectivity index (χ1n) is 7.31. The second kappa shape index (κ2) is 7.71. The van der Waals surface area contributed by atoms with Crippen molar-refractivity contribution >= 4 is 5.69 Å². The highest BCUT2D eigenvalue weighted by Gasteiger charge is 2.12. The molecule has 0 aliphatic carbocycles. The van der Waals surface area contributed by atoms with Crippen molar-refractivity contribution in [1.82, 2.24) is 5.32 Å². The number of aliphatic hydroxyl groups excluding tert-OH is 1. The summed E-state index contributed by atoms with van der Waals surface area (Å²) in [5.41, 5.74) is 1.80. The molecule has 0 spiro atoms. The Labute approximate surface area is 134 Å². The fourth-order valence-corrected chi connectivity index (χ4v) is 2.23. The Morgan fingerprint density at radius 1 is 1.13 bits per heavy atom. The number of nitrogens with one attached hydrogen (secondary N) is 1. The molecule has 6 nitrogen and oxygen atoms in total. The third-order valence-electron chi connectivity index (χ3n) is 3.72. The van der Waals surface area contributed by atoms with Gasteiger partial charge in [-0.15, -0.1) is 0 Å². The van der Waals surface area contributed by atoms with E-state index in [-0.39, 0.29) is 11.7 Å². The molecule has 0 radical (unpaired) electrons. The van der Waals surface area contributed by atoms with Gasteiger partial charge < -0.3 is 15.2 Å². The van der Waals surface area contributed by atoms with E-state index in [9.17, 15) is 15.2 Å². The fraction of sp³-hybridized carbons (Fsp3) is 0.294. The molecule has 2 aromatic rings. The van der Waals surface area contributed by atoms with Gasteiger partial charge in [0.25, 0.3) is 5.69 Å². The highest BCUT2D eigenvalue weighted by atomic mass is 16.6. The van der Waals surface area contributed by atoms with E-state index in [1.165, 1.54) is 12.1 Å². The zero-order valence-corrected chi connectivity index (χ0v) is 13.1. The smallest absolute Gasteiger partial charge is 0.269 e. The molecule has 0 heterocycles. The average molecular weight is 316 g/mol. The number of nitrogens with zero attached hydrogens (tertiary/aromatic N) is 1. The predicted octanol–water partition coefficient (Wildman–Crippen LogP) is 2.99. The van der Waals surface area contributed by atoms with Gasteiger partial charge in [0.2, 0.25) is 0 Å². The molecular weight excluding hydrogens is 296 g/mol. The summed E-state index contributed by atoms with van der Waals surface area (Å²) >= 11 is 0. The lowest BCUT2D eigenvalue weighted by molar-refractivity contribution is -0.384. The van der Waals surface area contributed by atoms with E-state index >= 15 is 0 Å². The van der Waals surface area contributed by atoms with Gasteiger partial charge in [0.15, 0.2) is 0 Å². The zero-order valence-electron chi connectivity index (χ0n) is 13.1. The third kappa shape index (κ3) is 4.51. The first-order chi connectivity index (χ1) is 11.0. The highest BCUT2D eigenvalue weighted by molar-refractivity contribution is 5.34. The van der Waals surface area contributed by atoms with Gasteiger partial charge in [-0.25, -0.2) is 0 Å². The third-order valence-corrected chi connectivity index (χ3v) is 3.72. The highest BCUT2D eigenvalue weighted by Crippen LogP contribution is 2.20. The van der Waals surface area contributed by atoms with Crippen LogP contribution in [0.25, 0.3) is 0 Å². The Kier molecular flexibility index (Phi) is 5.67. The van der Waals surface area contributed by atoms with Crippen molar-refractivity contribution in [3.8, 4) is 5.75 Å². The molecule has 0 aliphatic heterocycles. The van der Waals surface area contributed by atoms with E-state index < -0.39 is 11.0 Å². The average Bonchev–Trinajstić information content (AvgIpc) is 2.59. The number of non-ortho nitro benzene ring substituents is 1. The van der Waals surface area contributed by atoms with Crippen LogP contribution in [-0.2, 0) is 0 Å². The Morgan fingerprint density at radius 3 is 2.22 bits per heavy atom. The van der Waals surface area contributed by atoms with Crippen LogP contribution in [0.1, 0.15) is 30.2 Å². The van der Waals surface area contributed by atoms with Crippen LogP contribution in [0.5, 0.6) is 5.75 Å². The van der Waals surface area contributed by atoms with Crippen molar-refractivity contribution in [3.63, 3.8) is 0 Å². The van der Waals surface area contributed by atoms with Gasteiger partial charge in [-0.3, -0.25) is 10.1 Å². The number of aliphatic hydroxyl groups is 1. The van der Waals surface area contributed by atoms with Crippen molar-refractivity contribution < 1.29 is 14.8 Å². The second-order valence-corrected chi connectivity index (χ2v) is 5.27. The summed E-state index contributed by atoms with van der Waals surface area (Å²) in [6.07, 6.45) is -0.638. The Morgan fingerprint density at radius 2 is 1.70 bits per heavy atom. The number of hydrogen-bond acceptors (Lipinski definition) is 5. The lowest BCUT2D eigenvalue weighted by Gasteiger charge is -2.18.